The Bertz CT molecular complexity index is 935. The van der Waals surface area contributed by atoms with Gasteiger partial charge in [-0.1, -0.05) is 66.7 Å². The number of anilines is 2. The Balaban J connectivity index is 1.40. The minimum atomic E-state index is -0.170. The summed E-state index contributed by atoms with van der Waals surface area (Å²) in [6.45, 7) is 5.62. The van der Waals surface area contributed by atoms with Crippen LogP contribution in [-0.2, 0) is 4.79 Å². The number of carbonyl (C=O) groups is 1. The second-order valence-electron chi connectivity index (χ2n) is 7.44. The molecule has 29 heavy (non-hydrogen) atoms. The smallest absolute Gasteiger partial charge is 0.241 e. The van der Waals surface area contributed by atoms with Crippen LogP contribution in [0, 0.1) is 0 Å². The molecule has 0 aliphatic carbocycles. The standard InChI is InChI=1S/C25H27N3O/c1-20(27-16-18-28(19-17-27)22-12-6-3-7-13-22)25(29)26-24-15-9-8-14-23(24)21-10-4-2-5-11-21/h2-15,20H,16-19H2,1H3,(H,26,29)/t20-/m1/s1. The number of rotatable bonds is 5. The zero-order valence-electron chi connectivity index (χ0n) is 16.8. The largest absolute Gasteiger partial charge is 0.369 e. The topological polar surface area (TPSA) is 35.6 Å². The molecule has 1 fully saturated rings. The first-order chi connectivity index (χ1) is 14.2. The normalized spacial score (nSPS) is 15.7. The number of nitrogens with zero attached hydrogens (tertiary/aromatic N) is 2. The van der Waals surface area contributed by atoms with Crippen molar-refractivity contribution in [2.45, 2.75) is 13.0 Å². The summed E-state index contributed by atoms with van der Waals surface area (Å²) < 4.78 is 0. The molecular weight excluding hydrogens is 358 g/mol. The average Bonchev–Trinajstić information content (AvgIpc) is 2.80. The molecule has 4 nitrogen and oxygen atoms in total. The van der Waals surface area contributed by atoms with Gasteiger partial charge in [-0.05, 0) is 30.7 Å². The molecule has 148 valence electrons. The van der Waals surface area contributed by atoms with Gasteiger partial charge in [0.05, 0.1) is 6.04 Å². The molecule has 0 spiro atoms. The Morgan fingerprint density at radius 1 is 0.793 bits per heavy atom. The zero-order valence-corrected chi connectivity index (χ0v) is 16.8. The maximum Gasteiger partial charge on any atom is 0.241 e. The highest BCUT2D eigenvalue weighted by atomic mass is 16.2. The molecule has 0 saturated carbocycles. The molecule has 0 unspecified atom stereocenters. The second kappa shape index (κ2) is 8.93. The van der Waals surface area contributed by atoms with Gasteiger partial charge in [0, 0.05) is 43.1 Å². The lowest BCUT2D eigenvalue weighted by Crippen LogP contribution is -2.52. The Morgan fingerprint density at radius 3 is 2.07 bits per heavy atom. The third kappa shape index (κ3) is 4.49. The van der Waals surface area contributed by atoms with Crippen molar-refractivity contribution in [3.8, 4) is 11.1 Å². The van der Waals surface area contributed by atoms with Gasteiger partial charge in [0.2, 0.25) is 5.91 Å². The van der Waals surface area contributed by atoms with Crippen LogP contribution in [0.15, 0.2) is 84.9 Å². The number of nitrogens with one attached hydrogen (secondary N) is 1. The van der Waals surface area contributed by atoms with Crippen molar-refractivity contribution in [1.82, 2.24) is 4.90 Å². The first-order valence-electron chi connectivity index (χ1n) is 10.2. The molecule has 3 aromatic rings. The molecule has 0 bridgehead atoms. The zero-order chi connectivity index (χ0) is 20.1. The predicted molar refractivity (Wildman–Crippen MR) is 120 cm³/mol. The van der Waals surface area contributed by atoms with Gasteiger partial charge in [0.25, 0.3) is 0 Å². The van der Waals surface area contributed by atoms with E-state index >= 15 is 0 Å². The molecule has 3 aromatic carbocycles. The Morgan fingerprint density at radius 2 is 1.38 bits per heavy atom. The summed E-state index contributed by atoms with van der Waals surface area (Å²) >= 11 is 0. The van der Waals surface area contributed by atoms with Gasteiger partial charge in [-0.2, -0.15) is 0 Å². The highest BCUT2D eigenvalue weighted by Crippen LogP contribution is 2.28. The Hall–Kier alpha value is -3.11. The monoisotopic (exact) mass is 385 g/mol. The van der Waals surface area contributed by atoms with Crippen LogP contribution >= 0.6 is 0 Å². The van der Waals surface area contributed by atoms with E-state index in [-0.39, 0.29) is 11.9 Å². The fourth-order valence-corrected chi connectivity index (χ4v) is 3.87. The molecule has 4 heteroatoms. The van der Waals surface area contributed by atoms with E-state index in [4.69, 9.17) is 0 Å². The van der Waals surface area contributed by atoms with Crippen LogP contribution in [0.5, 0.6) is 0 Å². The van der Waals surface area contributed by atoms with Gasteiger partial charge >= 0.3 is 0 Å². The van der Waals surface area contributed by atoms with Crippen molar-refractivity contribution in [2.75, 3.05) is 36.4 Å². The molecule has 0 aromatic heterocycles. The van der Waals surface area contributed by atoms with Crippen LogP contribution in [0.25, 0.3) is 11.1 Å². The van der Waals surface area contributed by atoms with E-state index in [2.05, 4.69) is 51.5 Å². The van der Waals surface area contributed by atoms with Crippen molar-refractivity contribution in [1.29, 1.82) is 0 Å². The predicted octanol–water partition coefficient (Wildman–Crippen LogP) is 4.50. The van der Waals surface area contributed by atoms with Gasteiger partial charge in [-0.15, -0.1) is 0 Å². The summed E-state index contributed by atoms with van der Waals surface area (Å²) in [4.78, 5) is 17.6. The van der Waals surface area contributed by atoms with E-state index in [0.29, 0.717) is 0 Å². The van der Waals surface area contributed by atoms with Gasteiger partial charge in [-0.3, -0.25) is 9.69 Å². The Labute approximate surface area is 172 Å². The lowest BCUT2D eigenvalue weighted by atomic mass is 10.0. The second-order valence-corrected chi connectivity index (χ2v) is 7.44. The summed E-state index contributed by atoms with van der Waals surface area (Å²) in [5, 5.41) is 3.15. The summed E-state index contributed by atoms with van der Waals surface area (Å²) in [6.07, 6.45) is 0. The minimum absolute atomic E-state index is 0.0431. The Kier molecular flexibility index (Phi) is 5.92. The maximum atomic E-state index is 13.0. The van der Waals surface area contributed by atoms with Crippen molar-refractivity contribution >= 4 is 17.3 Å². The van der Waals surface area contributed by atoms with Crippen molar-refractivity contribution < 1.29 is 4.79 Å². The molecule has 1 aliphatic rings. The number of benzene rings is 3. The van der Waals surface area contributed by atoms with Gasteiger partial charge in [0.15, 0.2) is 0 Å². The van der Waals surface area contributed by atoms with E-state index in [0.717, 1.165) is 43.0 Å². The molecule has 1 heterocycles. The number of carbonyl (C=O) groups excluding carboxylic acids is 1. The molecule has 1 atom stereocenters. The van der Waals surface area contributed by atoms with E-state index in [1.54, 1.807) is 0 Å². The van der Waals surface area contributed by atoms with Crippen LogP contribution in [-0.4, -0.2) is 43.0 Å². The lowest BCUT2D eigenvalue weighted by molar-refractivity contribution is -0.120. The maximum absolute atomic E-state index is 13.0. The van der Waals surface area contributed by atoms with Crippen molar-refractivity contribution in [2.24, 2.45) is 0 Å². The number of amides is 1. The fraction of sp³-hybridized carbons (Fsp3) is 0.240. The summed E-state index contributed by atoms with van der Waals surface area (Å²) in [6, 6.07) is 28.5. The molecule has 1 saturated heterocycles. The third-order valence-electron chi connectivity index (χ3n) is 5.63. The van der Waals surface area contributed by atoms with E-state index < -0.39 is 0 Å². The first-order valence-corrected chi connectivity index (χ1v) is 10.2. The summed E-state index contributed by atoms with van der Waals surface area (Å²) in [5.74, 6) is 0.0431. The van der Waals surface area contributed by atoms with Crippen LogP contribution < -0.4 is 10.2 Å². The summed E-state index contributed by atoms with van der Waals surface area (Å²) in [7, 11) is 0. The molecular formula is C25H27N3O. The lowest BCUT2D eigenvalue weighted by Gasteiger charge is -2.38. The van der Waals surface area contributed by atoms with Gasteiger partial charge < -0.3 is 10.2 Å². The van der Waals surface area contributed by atoms with Crippen molar-refractivity contribution in [3.63, 3.8) is 0 Å². The summed E-state index contributed by atoms with van der Waals surface area (Å²) in [5.41, 5.74) is 4.26. The third-order valence-corrected chi connectivity index (χ3v) is 5.63. The quantitative estimate of drug-likeness (QED) is 0.702. The number of hydrogen-bond donors (Lipinski definition) is 1. The van der Waals surface area contributed by atoms with Gasteiger partial charge in [0.1, 0.15) is 0 Å². The van der Waals surface area contributed by atoms with E-state index in [9.17, 15) is 4.79 Å². The number of para-hydroxylation sites is 2. The molecule has 1 N–H and O–H groups in total. The number of piperazine rings is 1. The fourth-order valence-electron chi connectivity index (χ4n) is 3.87. The van der Waals surface area contributed by atoms with Crippen LogP contribution in [0.1, 0.15) is 6.92 Å². The van der Waals surface area contributed by atoms with E-state index in [1.165, 1.54) is 5.69 Å². The van der Waals surface area contributed by atoms with Crippen LogP contribution in [0.3, 0.4) is 0 Å². The van der Waals surface area contributed by atoms with Crippen molar-refractivity contribution in [3.05, 3.63) is 84.9 Å². The van der Waals surface area contributed by atoms with Crippen LogP contribution in [0.4, 0.5) is 11.4 Å². The minimum Gasteiger partial charge on any atom is -0.369 e. The van der Waals surface area contributed by atoms with E-state index in [1.807, 2.05) is 55.5 Å². The highest BCUT2D eigenvalue weighted by Gasteiger charge is 2.26. The molecule has 1 aliphatic heterocycles. The first kappa shape index (κ1) is 19.2. The average molecular weight is 386 g/mol. The molecule has 0 radical (unpaired) electrons. The number of hydrogen-bond acceptors (Lipinski definition) is 3. The van der Waals surface area contributed by atoms with Crippen LogP contribution in [0.2, 0.25) is 0 Å². The van der Waals surface area contributed by atoms with Gasteiger partial charge in [-0.25, -0.2) is 0 Å². The molecule has 1 amide bonds. The SMILES string of the molecule is C[C@H](C(=O)Nc1ccccc1-c1ccccc1)N1CCN(c2ccccc2)CC1. The molecule has 4 rings (SSSR count). The highest BCUT2D eigenvalue weighted by molar-refractivity contribution is 5.98.